The number of tetrazole rings is 1. The van der Waals surface area contributed by atoms with Crippen molar-refractivity contribution in [3.05, 3.63) is 5.82 Å². The molecule has 1 aromatic heterocycles. The third-order valence-corrected chi connectivity index (χ3v) is 2.57. The van der Waals surface area contributed by atoms with Gasteiger partial charge in [0.2, 0.25) is 0 Å². The largest absolute Gasteiger partial charge is 0.389 e. The Morgan fingerprint density at radius 3 is 2.69 bits per heavy atom. The zero-order valence-electron chi connectivity index (χ0n) is 7.77. The van der Waals surface area contributed by atoms with Crippen LogP contribution in [-0.2, 0) is 13.5 Å². The van der Waals surface area contributed by atoms with Crippen LogP contribution in [0, 0.1) is 0 Å². The van der Waals surface area contributed by atoms with Crippen LogP contribution in [0.3, 0.4) is 0 Å². The number of aryl methyl sites for hydroxylation is 1. The van der Waals surface area contributed by atoms with Crippen molar-refractivity contribution in [1.29, 1.82) is 0 Å². The third kappa shape index (κ3) is 1.85. The zero-order chi connectivity index (χ0) is 9.31. The van der Waals surface area contributed by atoms with Gasteiger partial charge in [0.05, 0.1) is 12.6 Å². The topological polar surface area (TPSA) is 63.8 Å². The number of nitrogens with zero attached hydrogens (tertiary/aromatic N) is 4. The van der Waals surface area contributed by atoms with E-state index in [0.29, 0.717) is 12.2 Å². The minimum atomic E-state index is -0.566. The van der Waals surface area contributed by atoms with Crippen molar-refractivity contribution in [2.24, 2.45) is 7.05 Å². The molecule has 0 unspecified atom stereocenters. The van der Waals surface area contributed by atoms with Crippen LogP contribution >= 0.6 is 0 Å². The van der Waals surface area contributed by atoms with E-state index in [0.717, 1.165) is 25.7 Å². The second-order valence-corrected chi connectivity index (χ2v) is 3.80. The molecule has 72 valence electrons. The summed E-state index contributed by atoms with van der Waals surface area (Å²) < 4.78 is 0. The van der Waals surface area contributed by atoms with Gasteiger partial charge in [-0.2, -0.15) is 4.80 Å². The highest BCUT2D eigenvalue weighted by molar-refractivity contribution is 4.93. The number of aromatic nitrogens is 4. The van der Waals surface area contributed by atoms with Crippen molar-refractivity contribution in [1.82, 2.24) is 20.2 Å². The average molecular weight is 182 g/mol. The van der Waals surface area contributed by atoms with E-state index in [-0.39, 0.29) is 0 Å². The monoisotopic (exact) mass is 182 g/mol. The molecule has 5 nitrogen and oxygen atoms in total. The Morgan fingerprint density at radius 2 is 2.15 bits per heavy atom. The first-order valence-corrected chi connectivity index (χ1v) is 4.63. The Kier molecular flexibility index (Phi) is 2.03. The number of rotatable bonds is 2. The zero-order valence-corrected chi connectivity index (χ0v) is 7.77. The molecule has 1 saturated carbocycles. The van der Waals surface area contributed by atoms with E-state index in [1.165, 1.54) is 4.80 Å². The molecule has 0 atom stereocenters. The molecule has 0 spiro atoms. The summed E-state index contributed by atoms with van der Waals surface area (Å²) in [4.78, 5) is 1.42. The molecule has 1 heterocycles. The molecule has 1 N–H and O–H groups in total. The lowest BCUT2D eigenvalue weighted by atomic mass is 9.98. The second kappa shape index (κ2) is 3.06. The first-order chi connectivity index (χ1) is 6.18. The van der Waals surface area contributed by atoms with E-state index in [1.54, 1.807) is 7.05 Å². The SMILES string of the molecule is Cn1nnc(CC2(O)CCCC2)n1. The minimum Gasteiger partial charge on any atom is -0.389 e. The van der Waals surface area contributed by atoms with E-state index in [1.807, 2.05) is 0 Å². The number of hydrogen-bond acceptors (Lipinski definition) is 4. The second-order valence-electron chi connectivity index (χ2n) is 3.80. The van der Waals surface area contributed by atoms with Gasteiger partial charge in [-0.05, 0) is 18.1 Å². The Hall–Kier alpha value is -0.970. The lowest BCUT2D eigenvalue weighted by Gasteiger charge is -2.19. The van der Waals surface area contributed by atoms with Gasteiger partial charge in [-0.3, -0.25) is 0 Å². The summed E-state index contributed by atoms with van der Waals surface area (Å²) in [6, 6.07) is 0. The fourth-order valence-corrected chi connectivity index (χ4v) is 1.90. The molecule has 5 heteroatoms. The van der Waals surface area contributed by atoms with Gasteiger partial charge in [0.25, 0.3) is 0 Å². The molecule has 1 aromatic rings. The Morgan fingerprint density at radius 1 is 1.46 bits per heavy atom. The molecule has 2 rings (SSSR count). The fraction of sp³-hybridized carbons (Fsp3) is 0.875. The predicted molar refractivity (Wildman–Crippen MR) is 45.9 cm³/mol. The van der Waals surface area contributed by atoms with E-state index in [4.69, 9.17) is 0 Å². The van der Waals surface area contributed by atoms with Crippen molar-refractivity contribution in [3.63, 3.8) is 0 Å². The molecule has 13 heavy (non-hydrogen) atoms. The van der Waals surface area contributed by atoms with Crippen molar-refractivity contribution in [2.75, 3.05) is 0 Å². The molecule has 1 fully saturated rings. The van der Waals surface area contributed by atoms with Crippen molar-refractivity contribution >= 4 is 0 Å². The van der Waals surface area contributed by atoms with E-state index in [2.05, 4.69) is 15.4 Å². The molecule has 0 radical (unpaired) electrons. The maximum atomic E-state index is 10.0. The first kappa shape index (κ1) is 8.62. The molecule has 1 aliphatic carbocycles. The summed E-state index contributed by atoms with van der Waals surface area (Å²) in [5.74, 6) is 0.645. The summed E-state index contributed by atoms with van der Waals surface area (Å²) >= 11 is 0. The first-order valence-electron chi connectivity index (χ1n) is 4.63. The minimum absolute atomic E-state index is 0.543. The normalized spacial score (nSPS) is 20.8. The molecule has 0 saturated heterocycles. The highest BCUT2D eigenvalue weighted by Crippen LogP contribution is 2.31. The number of aliphatic hydroxyl groups is 1. The van der Waals surface area contributed by atoms with Crippen LogP contribution in [0.15, 0.2) is 0 Å². The van der Waals surface area contributed by atoms with Gasteiger partial charge in [-0.15, -0.1) is 10.2 Å². The maximum absolute atomic E-state index is 10.0. The molecule has 1 aliphatic rings. The Labute approximate surface area is 76.8 Å². The molecular formula is C8H14N4O. The van der Waals surface area contributed by atoms with Gasteiger partial charge in [0.15, 0.2) is 5.82 Å². The van der Waals surface area contributed by atoms with Crippen LogP contribution in [-0.4, -0.2) is 30.9 Å². The molecule has 0 amide bonds. The van der Waals surface area contributed by atoms with Gasteiger partial charge in [-0.25, -0.2) is 0 Å². The van der Waals surface area contributed by atoms with E-state index in [9.17, 15) is 5.11 Å². The van der Waals surface area contributed by atoms with Crippen molar-refractivity contribution < 1.29 is 5.11 Å². The van der Waals surface area contributed by atoms with Gasteiger partial charge >= 0.3 is 0 Å². The summed E-state index contributed by atoms with van der Waals surface area (Å²) in [5, 5.41) is 21.7. The number of hydrogen-bond donors (Lipinski definition) is 1. The van der Waals surface area contributed by atoms with Gasteiger partial charge in [0.1, 0.15) is 0 Å². The highest BCUT2D eigenvalue weighted by atomic mass is 16.3. The summed E-state index contributed by atoms with van der Waals surface area (Å²) in [7, 11) is 1.73. The Balaban J connectivity index is 2.04. The highest BCUT2D eigenvalue weighted by Gasteiger charge is 2.32. The summed E-state index contributed by atoms with van der Waals surface area (Å²) in [6.45, 7) is 0. The third-order valence-electron chi connectivity index (χ3n) is 2.57. The van der Waals surface area contributed by atoms with Crippen LogP contribution in [0.25, 0.3) is 0 Å². The van der Waals surface area contributed by atoms with Crippen LogP contribution in [0.4, 0.5) is 0 Å². The molecule has 0 aliphatic heterocycles. The quantitative estimate of drug-likeness (QED) is 0.702. The van der Waals surface area contributed by atoms with Crippen LogP contribution in [0.2, 0.25) is 0 Å². The van der Waals surface area contributed by atoms with Crippen LogP contribution < -0.4 is 0 Å². The van der Waals surface area contributed by atoms with Gasteiger partial charge in [0, 0.05) is 6.42 Å². The Bertz CT molecular complexity index is 290. The van der Waals surface area contributed by atoms with Gasteiger partial charge < -0.3 is 5.11 Å². The average Bonchev–Trinajstić information content (AvgIpc) is 2.62. The smallest absolute Gasteiger partial charge is 0.177 e. The predicted octanol–water partition coefficient (Wildman–Crippen LogP) is 0.0577. The standard InChI is InChI=1S/C8H14N4O/c1-12-10-7(9-11-12)6-8(13)4-2-3-5-8/h13H,2-6H2,1H3. The van der Waals surface area contributed by atoms with Crippen LogP contribution in [0.1, 0.15) is 31.5 Å². The fourth-order valence-electron chi connectivity index (χ4n) is 1.90. The lowest BCUT2D eigenvalue weighted by molar-refractivity contribution is 0.0461. The van der Waals surface area contributed by atoms with Gasteiger partial charge in [-0.1, -0.05) is 12.8 Å². The maximum Gasteiger partial charge on any atom is 0.177 e. The van der Waals surface area contributed by atoms with E-state index >= 15 is 0 Å². The molecule has 0 bridgehead atoms. The lowest BCUT2D eigenvalue weighted by Crippen LogP contribution is -2.27. The summed E-state index contributed by atoms with van der Waals surface area (Å²) in [6.07, 6.45) is 4.49. The van der Waals surface area contributed by atoms with E-state index < -0.39 is 5.60 Å². The molecular weight excluding hydrogens is 168 g/mol. The van der Waals surface area contributed by atoms with Crippen molar-refractivity contribution in [3.8, 4) is 0 Å². The van der Waals surface area contributed by atoms with Crippen molar-refractivity contribution in [2.45, 2.75) is 37.7 Å². The summed E-state index contributed by atoms with van der Waals surface area (Å²) in [5.41, 5.74) is -0.566. The van der Waals surface area contributed by atoms with Crippen LogP contribution in [0.5, 0.6) is 0 Å². The molecule has 0 aromatic carbocycles.